The molecule has 9 nitrogen and oxygen atoms in total. The lowest BCUT2D eigenvalue weighted by molar-refractivity contribution is -0.129. The molecule has 224 valence electrons. The van der Waals surface area contributed by atoms with Crippen molar-refractivity contribution in [2.24, 2.45) is 10.1 Å². The number of carbonyl (C=O) groups is 1. The van der Waals surface area contributed by atoms with Crippen molar-refractivity contribution in [3.8, 4) is 5.75 Å². The summed E-state index contributed by atoms with van der Waals surface area (Å²) >= 11 is 0. The Morgan fingerprint density at radius 1 is 1.00 bits per heavy atom. The molecule has 4 aromatic carbocycles. The van der Waals surface area contributed by atoms with Crippen molar-refractivity contribution in [1.82, 2.24) is 5.32 Å². The molecule has 0 aromatic heterocycles. The number of hydrogen-bond acceptors (Lipinski definition) is 6. The summed E-state index contributed by atoms with van der Waals surface area (Å²) in [5.74, 6) is 0.182. The van der Waals surface area contributed by atoms with E-state index in [1.54, 1.807) is 24.3 Å². The summed E-state index contributed by atoms with van der Waals surface area (Å²) in [6, 6.07) is 30.1. The SMILES string of the molecule is [N-]=[N+]=NCc1ccccc1[C@H]1OC(c2ccc(OCCCO)cc2)=N[C@@]1(Cc1ccccc1)C(=O)NCc1ccc(F)cc1. The fraction of sp³-hybridized carbons (Fsp3) is 0.235. The van der Waals surface area contributed by atoms with Crippen LogP contribution in [-0.4, -0.2) is 35.7 Å². The van der Waals surface area contributed by atoms with Crippen LogP contribution in [0.25, 0.3) is 10.4 Å². The second-order valence-corrected chi connectivity index (χ2v) is 10.3. The van der Waals surface area contributed by atoms with E-state index in [4.69, 9.17) is 25.1 Å². The molecule has 0 bridgehead atoms. The van der Waals surface area contributed by atoms with E-state index in [1.165, 1.54) is 12.1 Å². The standard InChI is InChI=1S/C34H32FN5O4/c35-28-15-11-25(12-16-28)22-37-33(42)34(21-24-7-2-1-3-8-24)31(30-10-5-4-9-27(30)23-38-40-36)44-32(39-34)26-13-17-29(18-14-26)43-20-6-19-41/h1-5,7-18,31,41H,6,19-23H2,(H,37,42)/t31-,34-/m1/s1. The van der Waals surface area contributed by atoms with Gasteiger partial charge in [-0.2, -0.15) is 0 Å². The van der Waals surface area contributed by atoms with Crippen LogP contribution >= 0.6 is 0 Å². The number of nitrogens with zero attached hydrogens (tertiary/aromatic N) is 4. The van der Waals surface area contributed by atoms with Gasteiger partial charge in [0.1, 0.15) is 11.6 Å². The van der Waals surface area contributed by atoms with E-state index in [9.17, 15) is 9.18 Å². The van der Waals surface area contributed by atoms with E-state index in [0.717, 1.165) is 11.1 Å². The van der Waals surface area contributed by atoms with E-state index >= 15 is 0 Å². The highest BCUT2D eigenvalue weighted by Gasteiger charge is 2.53. The molecule has 2 N–H and O–H groups in total. The molecule has 1 aliphatic rings. The maximum Gasteiger partial charge on any atom is 0.252 e. The van der Waals surface area contributed by atoms with Crippen molar-refractivity contribution in [3.05, 3.63) is 147 Å². The molecule has 1 heterocycles. The average molecular weight is 594 g/mol. The molecule has 1 amide bonds. The minimum Gasteiger partial charge on any atom is -0.494 e. The maximum atomic E-state index is 14.4. The van der Waals surface area contributed by atoms with Crippen LogP contribution in [0.2, 0.25) is 0 Å². The normalized spacial score (nSPS) is 17.2. The van der Waals surface area contributed by atoms with Crippen LogP contribution in [0.15, 0.2) is 113 Å². The number of halogens is 1. The van der Waals surface area contributed by atoms with Gasteiger partial charge in [-0.25, -0.2) is 9.38 Å². The molecule has 0 saturated carbocycles. The number of aliphatic hydroxyl groups excluding tert-OH is 1. The molecule has 5 rings (SSSR count). The number of amides is 1. The van der Waals surface area contributed by atoms with E-state index in [2.05, 4.69) is 15.3 Å². The number of aliphatic imine (C=N–C) groups is 1. The first-order valence-electron chi connectivity index (χ1n) is 14.3. The molecule has 0 saturated heterocycles. The first-order valence-corrected chi connectivity index (χ1v) is 14.3. The van der Waals surface area contributed by atoms with Crippen molar-refractivity contribution in [2.45, 2.75) is 37.6 Å². The number of azide groups is 1. The topological polar surface area (TPSA) is 129 Å². The van der Waals surface area contributed by atoms with Gasteiger partial charge in [0.15, 0.2) is 11.6 Å². The van der Waals surface area contributed by atoms with Gasteiger partial charge in [-0.05, 0) is 64.2 Å². The third-order valence-corrected chi connectivity index (χ3v) is 7.35. The Hall–Kier alpha value is -5.18. The second kappa shape index (κ2) is 14.3. The minimum absolute atomic E-state index is 0.0397. The molecular formula is C34H32FN5O4. The Bertz CT molecular complexity index is 1640. The summed E-state index contributed by atoms with van der Waals surface area (Å²) in [5, 5.41) is 15.8. The van der Waals surface area contributed by atoms with Crippen molar-refractivity contribution in [3.63, 3.8) is 0 Å². The molecule has 0 aliphatic carbocycles. The highest BCUT2D eigenvalue weighted by molar-refractivity contribution is 6.01. The summed E-state index contributed by atoms with van der Waals surface area (Å²) < 4.78 is 25.8. The number of rotatable bonds is 13. The lowest BCUT2D eigenvalue weighted by Crippen LogP contribution is -2.49. The Labute approximate surface area is 254 Å². The van der Waals surface area contributed by atoms with E-state index < -0.39 is 11.6 Å². The number of aliphatic hydroxyl groups is 1. The molecule has 4 aromatic rings. The van der Waals surface area contributed by atoms with Crippen molar-refractivity contribution in [2.75, 3.05) is 13.2 Å². The minimum atomic E-state index is -1.44. The van der Waals surface area contributed by atoms with Crippen molar-refractivity contribution >= 4 is 11.8 Å². The maximum absolute atomic E-state index is 14.4. The molecular weight excluding hydrogens is 561 g/mol. The van der Waals surface area contributed by atoms with Crippen LogP contribution in [0.1, 0.15) is 40.3 Å². The van der Waals surface area contributed by atoms with Gasteiger partial charge in [0.2, 0.25) is 5.90 Å². The quantitative estimate of drug-likeness (QED) is 0.0826. The number of benzene rings is 4. The second-order valence-electron chi connectivity index (χ2n) is 10.3. The number of nitrogens with one attached hydrogen (secondary N) is 1. The van der Waals surface area contributed by atoms with Crippen molar-refractivity contribution < 1.29 is 23.8 Å². The first-order chi connectivity index (χ1) is 21.5. The van der Waals surface area contributed by atoms with Gasteiger partial charge >= 0.3 is 0 Å². The first kappa shape index (κ1) is 30.3. The third kappa shape index (κ3) is 7.06. The van der Waals surface area contributed by atoms with Crippen LogP contribution in [0.3, 0.4) is 0 Å². The van der Waals surface area contributed by atoms with Crippen LogP contribution in [0.4, 0.5) is 4.39 Å². The predicted molar refractivity (Wildman–Crippen MR) is 164 cm³/mol. The average Bonchev–Trinajstić information content (AvgIpc) is 3.44. The highest BCUT2D eigenvalue weighted by atomic mass is 19.1. The van der Waals surface area contributed by atoms with Crippen molar-refractivity contribution in [1.29, 1.82) is 0 Å². The van der Waals surface area contributed by atoms with Gasteiger partial charge in [-0.3, -0.25) is 4.79 Å². The van der Waals surface area contributed by atoms with Gasteiger partial charge < -0.3 is 19.9 Å². The van der Waals surface area contributed by atoms with E-state index in [1.807, 2.05) is 66.7 Å². The third-order valence-electron chi connectivity index (χ3n) is 7.35. The van der Waals surface area contributed by atoms with Crippen LogP contribution in [0, 0.1) is 5.82 Å². The van der Waals surface area contributed by atoms with Crippen LogP contribution < -0.4 is 10.1 Å². The lowest BCUT2D eigenvalue weighted by Gasteiger charge is -2.32. The highest BCUT2D eigenvalue weighted by Crippen LogP contribution is 2.44. The zero-order valence-corrected chi connectivity index (χ0v) is 24.0. The monoisotopic (exact) mass is 593 g/mol. The Morgan fingerprint density at radius 3 is 2.45 bits per heavy atom. The number of hydrogen-bond donors (Lipinski definition) is 2. The lowest BCUT2D eigenvalue weighted by atomic mass is 9.80. The molecule has 44 heavy (non-hydrogen) atoms. The molecule has 10 heteroatoms. The van der Waals surface area contributed by atoms with E-state index in [0.29, 0.717) is 35.5 Å². The Kier molecular flexibility index (Phi) is 9.86. The zero-order valence-electron chi connectivity index (χ0n) is 24.0. The summed E-state index contributed by atoms with van der Waals surface area (Å²) in [4.78, 5) is 22.4. The summed E-state index contributed by atoms with van der Waals surface area (Å²) in [5.41, 5.74) is 11.2. The summed E-state index contributed by atoms with van der Waals surface area (Å²) in [6.07, 6.45) is -0.129. The van der Waals surface area contributed by atoms with Crippen LogP contribution in [-0.2, 0) is 29.0 Å². The molecule has 0 fully saturated rings. The van der Waals surface area contributed by atoms with Crippen LogP contribution in [0.5, 0.6) is 5.75 Å². The fourth-order valence-corrected chi connectivity index (χ4v) is 5.15. The zero-order chi connectivity index (χ0) is 30.8. The molecule has 0 spiro atoms. The molecule has 2 atom stereocenters. The van der Waals surface area contributed by atoms with E-state index in [-0.39, 0.29) is 43.7 Å². The number of ether oxygens (including phenoxy) is 2. The smallest absolute Gasteiger partial charge is 0.252 e. The fourth-order valence-electron chi connectivity index (χ4n) is 5.15. The molecule has 0 unspecified atom stereocenters. The molecule has 1 aliphatic heterocycles. The Balaban J connectivity index is 1.58. The van der Waals surface area contributed by atoms with Gasteiger partial charge in [0.25, 0.3) is 5.91 Å². The predicted octanol–water partition coefficient (Wildman–Crippen LogP) is 6.21. The number of carbonyl (C=O) groups excluding carboxylic acids is 1. The van der Waals surface area contributed by atoms with Gasteiger partial charge in [0.05, 0.1) is 13.2 Å². The summed E-state index contributed by atoms with van der Waals surface area (Å²) in [7, 11) is 0. The van der Waals surface area contributed by atoms with Gasteiger partial charge in [-0.15, -0.1) is 0 Å². The largest absolute Gasteiger partial charge is 0.494 e. The summed E-state index contributed by atoms with van der Waals surface area (Å²) in [6.45, 7) is 0.650. The Morgan fingerprint density at radius 2 is 1.73 bits per heavy atom. The van der Waals surface area contributed by atoms with Gasteiger partial charge in [0, 0.05) is 36.5 Å². The molecule has 0 radical (unpaired) electrons. The van der Waals surface area contributed by atoms with Gasteiger partial charge in [-0.1, -0.05) is 71.8 Å².